The molecule has 5 heteroatoms. The van der Waals surface area contributed by atoms with Crippen molar-refractivity contribution in [2.75, 3.05) is 13.1 Å². The van der Waals surface area contributed by atoms with Crippen molar-refractivity contribution in [3.8, 4) is 0 Å². The number of nitrogens with zero attached hydrogens (tertiary/aromatic N) is 2. The van der Waals surface area contributed by atoms with Crippen LogP contribution in [0.15, 0.2) is 24.4 Å². The number of piperidine rings is 1. The average Bonchev–Trinajstić information content (AvgIpc) is 2.90. The Morgan fingerprint density at radius 2 is 2.08 bits per heavy atom. The van der Waals surface area contributed by atoms with Gasteiger partial charge in [0.25, 0.3) is 0 Å². The summed E-state index contributed by atoms with van der Waals surface area (Å²) in [5, 5.41) is 5.13. The van der Waals surface area contributed by atoms with Crippen LogP contribution in [0.4, 0.5) is 0 Å². The number of fused-ring (bicyclic) bond motifs is 1. The van der Waals surface area contributed by atoms with Crippen molar-refractivity contribution in [3.63, 3.8) is 0 Å². The molecule has 0 unspecified atom stereocenters. The molecule has 0 bridgehead atoms. The van der Waals surface area contributed by atoms with Crippen molar-refractivity contribution in [2.24, 2.45) is 13.0 Å². The first kappa shape index (κ1) is 18.3. The monoisotopic (exact) mass is 361 g/mol. The van der Waals surface area contributed by atoms with Gasteiger partial charge in [0.15, 0.2) is 0 Å². The highest BCUT2D eigenvalue weighted by molar-refractivity contribution is 6.31. The highest BCUT2D eigenvalue weighted by Gasteiger charge is 2.26. The van der Waals surface area contributed by atoms with E-state index in [9.17, 15) is 4.79 Å². The predicted octanol–water partition coefficient (Wildman–Crippen LogP) is 3.96. The zero-order valence-electron chi connectivity index (χ0n) is 15.4. The molecule has 1 aliphatic heterocycles. The normalized spacial score (nSPS) is 17.8. The lowest BCUT2D eigenvalue weighted by Crippen LogP contribution is -2.42. The molecule has 1 atom stereocenters. The molecule has 1 fully saturated rings. The minimum absolute atomic E-state index is 0.159. The molecule has 136 valence electrons. The number of hydrogen-bond donors (Lipinski definition) is 1. The molecule has 4 nitrogen and oxygen atoms in total. The van der Waals surface area contributed by atoms with Crippen molar-refractivity contribution in [2.45, 2.75) is 45.7 Å². The molecular weight excluding hydrogens is 334 g/mol. The van der Waals surface area contributed by atoms with Crippen LogP contribution < -0.4 is 5.32 Å². The highest BCUT2D eigenvalue weighted by Crippen LogP contribution is 2.27. The molecule has 1 N–H and O–H groups in total. The number of aromatic nitrogens is 1. The number of nitrogens with one attached hydrogen (secondary N) is 1. The number of halogens is 1. The molecule has 25 heavy (non-hydrogen) atoms. The molecule has 2 aromatic rings. The Labute approximate surface area is 155 Å². The molecule has 2 heterocycles. The van der Waals surface area contributed by atoms with Crippen molar-refractivity contribution in [1.29, 1.82) is 0 Å². The first-order valence-corrected chi connectivity index (χ1v) is 9.62. The van der Waals surface area contributed by atoms with Gasteiger partial charge in [-0.3, -0.25) is 9.69 Å². The average molecular weight is 362 g/mol. The van der Waals surface area contributed by atoms with E-state index < -0.39 is 0 Å². The van der Waals surface area contributed by atoms with Gasteiger partial charge in [-0.15, -0.1) is 0 Å². The van der Waals surface area contributed by atoms with Gasteiger partial charge >= 0.3 is 0 Å². The number of aryl methyl sites for hydroxylation is 1. The zero-order valence-corrected chi connectivity index (χ0v) is 16.1. The minimum atomic E-state index is 0.159. The maximum atomic E-state index is 12.3. The van der Waals surface area contributed by atoms with Gasteiger partial charge in [0.2, 0.25) is 5.91 Å². The van der Waals surface area contributed by atoms with E-state index in [4.69, 9.17) is 11.6 Å². The van der Waals surface area contributed by atoms with Crippen molar-refractivity contribution < 1.29 is 4.79 Å². The van der Waals surface area contributed by atoms with E-state index in [0.717, 1.165) is 43.9 Å². The van der Waals surface area contributed by atoms with Crippen LogP contribution in [0.25, 0.3) is 10.9 Å². The lowest BCUT2D eigenvalue weighted by atomic mass is 9.95. The molecule has 3 rings (SSSR count). The summed E-state index contributed by atoms with van der Waals surface area (Å²) in [6, 6.07) is 6.34. The Morgan fingerprint density at radius 3 is 2.76 bits per heavy atom. The van der Waals surface area contributed by atoms with Gasteiger partial charge in [-0.2, -0.15) is 0 Å². The van der Waals surface area contributed by atoms with Crippen LogP contribution in [0.3, 0.4) is 0 Å². The third kappa shape index (κ3) is 4.18. The van der Waals surface area contributed by atoms with Gasteiger partial charge in [-0.1, -0.05) is 18.5 Å². The third-order valence-corrected chi connectivity index (χ3v) is 5.62. The summed E-state index contributed by atoms with van der Waals surface area (Å²) in [4.78, 5) is 14.7. The fourth-order valence-corrected chi connectivity index (χ4v) is 3.80. The highest BCUT2D eigenvalue weighted by atomic mass is 35.5. The molecular formula is C20H28ClN3O. The van der Waals surface area contributed by atoms with E-state index in [2.05, 4.69) is 54.0 Å². The lowest BCUT2D eigenvalue weighted by Gasteiger charge is -2.31. The topological polar surface area (TPSA) is 37.3 Å². The summed E-state index contributed by atoms with van der Waals surface area (Å²) in [5.74, 6) is 0.387. The number of hydrogen-bond acceptors (Lipinski definition) is 2. The maximum Gasteiger partial charge on any atom is 0.223 e. The van der Waals surface area contributed by atoms with Crippen LogP contribution >= 0.6 is 11.6 Å². The van der Waals surface area contributed by atoms with Crippen molar-refractivity contribution in [3.05, 3.63) is 35.0 Å². The molecule has 0 aliphatic carbocycles. The second-order valence-corrected chi connectivity index (χ2v) is 7.73. The number of rotatable bonds is 5. The Hall–Kier alpha value is -1.52. The van der Waals surface area contributed by atoms with Crippen LogP contribution in [0, 0.1) is 5.92 Å². The van der Waals surface area contributed by atoms with Crippen molar-refractivity contribution >= 4 is 28.4 Å². The Bertz CT molecular complexity index is 747. The summed E-state index contributed by atoms with van der Waals surface area (Å²) in [7, 11) is 2.07. The van der Waals surface area contributed by atoms with Gasteiger partial charge in [0, 0.05) is 47.7 Å². The Morgan fingerprint density at radius 1 is 1.36 bits per heavy atom. The largest absolute Gasteiger partial charge is 0.353 e. The summed E-state index contributed by atoms with van der Waals surface area (Å²) < 4.78 is 2.16. The molecule has 1 aliphatic rings. The second kappa shape index (κ2) is 7.79. The van der Waals surface area contributed by atoms with E-state index in [1.165, 1.54) is 16.5 Å². The van der Waals surface area contributed by atoms with Gasteiger partial charge in [-0.05, 0) is 63.0 Å². The first-order chi connectivity index (χ1) is 12.0. The fourth-order valence-electron chi connectivity index (χ4n) is 3.63. The predicted molar refractivity (Wildman–Crippen MR) is 104 cm³/mol. The Kier molecular flexibility index (Phi) is 5.70. The Balaban J connectivity index is 1.61. The quantitative estimate of drug-likeness (QED) is 0.875. The minimum Gasteiger partial charge on any atom is -0.353 e. The summed E-state index contributed by atoms with van der Waals surface area (Å²) >= 11 is 6.18. The number of carbonyl (C=O) groups is 1. The third-order valence-electron chi connectivity index (χ3n) is 5.39. The summed E-state index contributed by atoms with van der Waals surface area (Å²) in [6.45, 7) is 7.02. The van der Waals surface area contributed by atoms with Gasteiger partial charge in [-0.25, -0.2) is 0 Å². The SMILES string of the molecule is CC[C@H](C)NC(=O)C1CCN(Cc2cn(C)c3ccc(Cl)cc23)CC1. The van der Waals surface area contributed by atoms with E-state index in [1.54, 1.807) is 0 Å². The fraction of sp³-hybridized carbons (Fsp3) is 0.550. The summed E-state index contributed by atoms with van der Waals surface area (Å²) in [5.41, 5.74) is 2.52. The smallest absolute Gasteiger partial charge is 0.223 e. The van der Waals surface area contributed by atoms with Gasteiger partial charge in [0.05, 0.1) is 0 Å². The van der Waals surface area contributed by atoms with Crippen LogP contribution in [0.1, 0.15) is 38.7 Å². The van der Waals surface area contributed by atoms with Crippen LogP contribution in [-0.2, 0) is 18.4 Å². The molecule has 1 aromatic heterocycles. The van der Waals surface area contributed by atoms with Crippen molar-refractivity contribution in [1.82, 2.24) is 14.8 Å². The van der Waals surface area contributed by atoms with E-state index in [-0.39, 0.29) is 17.9 Å². The molecule has 0 saturated carbocycles. The molecule has 1 saturated heterocycles. The maximum absolute atomic E-state index is 12.3. The van der Waals surface area contributed by atoms with E-state index in [0.29, 0.717) is 0 Å². The summed E-state index contributed by atoms with van der Waals surface area (Å²) in [6.07, 6.45) is 5.05. The molecule has 0 radical (unpaired) electrons. The van der Waals surface area contributed by atoms with E-state index >= 15 is 0 Å². The van der Waals surface area contributed by atoms with E-state index in [1.807, 2.05) is 6.07 Å². The zero-order chi connectivity index (χ0) is 18.0. The van der Waals surface area contributed by atoms with Crippen LogP contribution in [0.5, 0.6) is 0 Å². The number of benzene rings is 1. The molecule has 1 amide bonds. The van der Waals surface area contributed by atoms with Gasteiger partial charge < -0.3 is 9.88 Å². The van der Waals surface area contributed by atoms with Gasteiger partial charge in [0.1, 0.15) is 0 Å². The first-order valence-electron chi connectivity index (χ1n) is 9.24. The second-order valence-electron chi connectivity index (χ2n) is 7.30. The van der Waals surface area contributed by atoms with Crippen LogP contribution in [-0.4, -0.2) is 34.5 Å². The molecule has 1 aromatic carbocycles. The number of amides is 1. The molecule has 0 spiro atoms. The van der Waals surface area contributed by atoms with Crippen LogP contribution in [0.2, 0.25) is 5.02 Å². The number of likely N-dealkylation sites (tertiary alicyclic amines) is 1. The number of carbonyl (C=O) groups excluding carboxylic acids is 1. The lowest BCUT2D eigenvalue weighted by molar-refractivity contribution is -0.127. The standard InChI is InChI=1S/C20H28ClN3O/c1-4-14(2)22-20(25)15-7-9-24(10-8-15)13-16-12-23(3)19-6-5-17(21)11-18(16)19/h5-6,11-12,14-15H,4,7-10,13H2,1-3H3,(H,22,25)/t14-/m0/s1.